The number of ether oxygens (including phenoxy) is 3. The third-order valence-corrected chi connectivity index (χ3v) is 3.95. The van der Waals surface area contributed by atoms with Crippen LogP contribution in [-0.2, 0) is 19.1 Å². The fourth-order valence-corrected chi connectivity index (χ4v) is 2.58. The van der Waals surface area contributed by atoms with E-state index >= 15 is 0 Å². The monoisotopic (exact) mass is 399 g/mol. The highest BCUT2D eigenvalue weighted by atomic mass is 16.6. The van der Waals surface area contributed by atoms with E-state index in [0.29, 0.717) is 5.75 Å². The Morgan fingerprint density at radius 2 is 1.62 bits per heavy atom. The molecule has 1 amide bonds. The van der Waals surface area contributed by atoms with Gasteiger partial charge in [-0.25, -0.2) is 9.59 Å². The second-order valence-electron chi connectivity index (χ2n) is 6.46. The van der Waals surface area contributed by atoms with Crippen molar-refractivity contribution in [2.24, 2.45) is 0 Å². The van der Waals surface area contributed by atoms with Crippen molar-refractivity contribution in [3.8, 4) is 5.75 Å². The molecular weight excluding hydrogens is 374 g/mol. The first kappa shape index (κ1) is 21.9. The predicted octanol–water partition coefficient (Wildman–Crippen LogP) is 3.55. The van der Waals surface area contributed by atoms with Gasteiger partial charge >= 0.3 is 11.9 Å². The van der Waals surface area contributed by atoms with Gasteiger partial charge in [0.2, 0.25) is 0 Å². The Labute approximate surface area is 170 Å². The molecular formula is C22H25NO6. The molecule has 2 aromatic carbocycles. The van der Waals surface area contributed by atoms with Crippen LogP contribution in [0.15, 0.2) is 48.5 Å². The van der Waals surface area contributed by atoms with Crippen LogP contribution in [0.5, 0.6) is 5.75 Å². The summed E-state index contributed by atoms with van der Waals surface area (Å²) in [7, 11) is 0. The molecule has 0 saturated heterocycles. The molecule has 29 heavy (non-hydrogen) atoms. The van der Waals surface area contributed by atoms with Crippen LogP contribution in [0.3, 0.4) is 0 Å². The molecule has 0 aliphatic heterocycles. The lowest BCUT2D eigenvalue weighted by Crippen LogP contribution is -2.24. The third-order valence-electron chi connectivity index (χ3n) is 3.95. The standard InChI is InChI=1S/C22H25NO6/c1-4-27-22(26)17-10-5-7-11-18(17)23-20(24)13-29-21(25)14-28-19-12-8-6-9-16(19)15(2)3/h5-12,15H,4,13-14H2,1-3H3,(H,23,24). The van der Waals surface area contributed by atoms with E-state index in [1.807, 2.05) is 32.0 Å². The fourth-order valence-electron chi connectivity index (χ4n) is 2.58. The van der Waals surface area contributed by atoms with Crippen LogP contribution in [0, 0.1) is 0 Å². The maximum absolute atomic E-state index is 12.1. The Balaban J connectivity index is 1.86. The zero-order valence-corrected chi connectivity index (χ0v) is 16.8. The van der Waals surface area contributed by atoms with Gasteiger partial charge in [0.25, 0.3) is 5.91 Å². The average Bonchev–Trinajstić information content (AvgIpc) is 2.71. The molecule has 2 rings (SSSR count). The SMILES string of the molecule is CCOC(=O)c1ccccc1NC(=O)COC(=O)COc1ccccc1C(C)C. The molecule has 7 nitrogen and oxygen atoms in total. The van der Waals surface area contributed by atoms with Crippen molar-refractivity contribution in [2.45, 2.75) is 26.7 Å². The molecule has 0 radical (unpaired) electrons. The largest absolute Gasteiger partial charge is 0.482 e. The van der Waals surface area contributed by atoms with Crippen LogP contribution >= 0.6 is 0 Å². The van der Waals surface area contributed by atoms with Crippen molar-refractivity contribution in [2.75, 3.05) is 25.1 Å². The number of nitrogens with one attached hydrogen (secondary N) is 1. The first-order chi connectivity index (χ1) is 13.9. The molecule has 0 spiro atoms. The molecule has 0 saturated carbocycles. The number of hydrogen-bond donors (Lipinski definition) is 1. The van der Waals surface area contributed by atoms with Crippen molar-refractivity contribution < 1.29 is 28.6 Å². The number of rotatable bonds is 9. The first-order valence-corrected chi connectivity index (χ1v) is 9.35. The summed E-state index contributed by atoms with van der Waals surface area (Å²) in [5.74, 6) is -0.938. The second-order valence-corrected chi connectivity index (χ2v) is 6.46. The van der Waals surface area contributed by atoms with Crippen molar-refractivity contribution in [3.63, 3.8) is 0 Å². The summed E-state index contributed by atoms with van der Waals surface area (Å²) in [4.78, 5) is 35.9. The highest BCUT2D eigenvalue weighted by Crippen LogP contribution is 2.25. The van der Waals surface area contributed by atoms with Crippen molar-refractivity contribution in [1.29, 1.82) is 0 Å². The summed E-state index contributed by atoms with van der Waals surface area (Å²) in [6, 6.07) is 13.9. The number of esters is 2. The van der Waals surface area contributed by atoms with Gasteiger partial charge in [-0.05, 0) is 36.6 Å². The van der Waals surface area contributed by atoms with Gasteiger partial charge in [0.05, 0.1) is 17.9 Å². The summed E-state index contributed by atoms with van der Waals surface area (Å²) in [6.07, 6.45) is 0. The molecule has 154 valence electrons. The summed E-state index contributed by atoms with van der Waals surface area (Å²) >= 11 is 0. The summed E-state index contributed by atoms with van der Waals surface area (Å²) in [5.41, 5.74) is 1.49. The van der Waals surface area contributed by atoms with Crippen LogP contribution < -0.4 is 10.1 Å². The summed E-state index contributed by atoms with van der Waals surface area (Å²) in [6.45, 7) is 5.17. The zero-order valence-electron chi connectivity index (χ0n) is 16.8. The lowest BCUT2D eigenvalue weighted by atomic mass is 10.0. The molecule has 0 heterocycles. The highest BCUT2D eigenvalue weighted by molar-refractivity contribution is 6.01. The van der Waals surface area contributed by atoms with E-state index in [9.17, 15) is 14.4 Å². The van der Waals surface area contributed by atoms with Gasteiger partial charge in [-0.1, -0.05) is 44.2 Å². The van der Waals surface area contributed by atoms with Crippen LogP contribution in [0.25, 0.3) is 0 Å². The normalized spacial score (nSPS) is 10.3. The van der Waals surface area contributed by atoms with E-state index in [1.54, 1.807) is 37.3 Å². The van der Waals surface area contributed by atoms with Crippen LogP contribution in [-0.4, -0.2) is 37.7 Å². The Bertz CT molecular complexity index is 862. The number of benzene rings is 2. The van der Waals surface area contributed by atoms with Crippen molar-refractivity contribution >= 4 is 23.5 Å². The van der Waals surface area contributed by atoms with E-state index in [-0.39, 0.29) is 30.4 Å². The van der Waals surface area contributed by atoms with Crippen LogP contribution in [0.4, 0.5) is 5.69 Å². The molecule has 0 atom stereocenters. The van der Waals surface area contributed by atoms with Crippen LogP contribution in [0.2, 0.25) is 0 Å². The molecule has 0 unspecified atom stereocenters. The quantitative estimate of drug-likeness (QED) is 0.649. The van der Waals surface area contributed by atoms with Gasteiger partial charge in [0, 0.05) is 0 Å². The van der Waals surface area contributed by atoms with Crippen molar-refractivity contribution in [3.05, 3.63) is 59.7 Å². The van der Waals surface area contributed by atoms with Gasteiger partial charge in [0.15, 0.2) is 13.2 Å². The highest BCUT2D eigenvalue weighted by Gasteiger charge is 2.15. The molecule has 0 aliphatic rings. The van der Waals surface area contributed by atoms with Crippen molar-refractivity contribution in [1.82, 2.24) is 0 Å². The molecule has 7 heteroatoms. The van der Waals surface area contributed by atoms with E-state index < -0.39 is 24.5 Å². The Hall–Kier alpha value is -3.35. The third kappa shape index (κ3) is 6.64. The van der Waals surface area contributed by atoms with Gasteiger partial charge in [0.1, 0.15) is 5.75 Å². The summed E-state index contributed by atoms with van der Waals surface area (Å²) in [5, 5.41) is 2.55. The van der Waals surface area contributed by atoms with E-state index in [1.165, 1.54) is 0 Å². The average molecular weight is 399 g/mol. The number of anilines is 1. The van der Waals surface area contributed by atoms with Gasteiger partial charge < -0.3 is 19.5 Å². The van der Waals surface area contributed by atoms with E-state index in [0.717, 1.165) is 5.56 Å². The maximum Gasteiger partial charge on any atom is 0.344 e. The van der Waals surface area contributed by atoms with Gasteiger partial charge in [-0.15, -0.1) is 0 Å². The Morgan fingerprint density at radius 1 is 0.931 bits per heavy atom. The minimum absolute atomic E-state index is 0.221. The number of carbonyl (C=O) groups excluding carboxylic acids is 3. The summed E-state index contributed by atoms with van der Waals surface area (Å²) < 4.78 is 15.4. The number of hydrogen-bond acceptors (Lipinski definition) is 6. The zero-order chi connectivity index (χ0) is 21.2. The Morgan fingerprint density at radius 3 is 2.34 bits per heavy atom. The topological polar surface area (TPSA) is 90.9 Å². The lowest BCUT2D eigenvalue weighted by molar-refractivity contribution is -0.149. The van der Waals surface area contributed by atoms with Crippen LogP contribution in [0.1, 0.15) is 42.6 Å². The van der Waals surface area contributed by atoms with E-state index in [4.69, 9.17) is 14.2 Å². The maximum atomic E-state index is 12.1. The van der Waals surface area contributed by atoms with Gasteiger partial charge in [-0.2, -0.15) is 0 Å². The molecule has 2 aromatic rings. The van der Waals surface area contributed by atoms with E-state index in [2.05, 4.69) is 5.32 Å². The molecule has 0 aliphatic carbocycles. The lowest BCUT2D eigenvalue weighted by Gasteiger charge is -2.13. The smallest absolute Gasteiger partial charge is 0.344 e. The fraction of sp³-hybridized carbons (Fsp3) is 0.318. The minimum atomic E-state index is -0.669. The Kier molecular flexibility index (Phi) is 8.21. The minimum Gasteiger partial charge on any atom is -0.482 e. The molecule has 1 N–H and O–H groups in total. The molecule has 0 aromatic heterocycles. The predicted molar refractivity (Wildman–Crippen MR) is 108 cm³/mol. The number of para-hydroxylation sites is 2. The number of carbonyl (C=O) groups is 3. The molecule has 0 bridgehead atoms. The molecule has 0 fully saturated rings. The second kappa shape index (κ2) is 10.8. The first-order valence-electron chi connectivity index (χ1n) is 9.35. The number of amides is 1. The van der Waals surface area contributed by atoms with Gasteiger partial charge in [-0.3, -0.25) is 4.79 Å².